The van der Waals surface area contributed by atoms with Gasteiger partial charge in [-0.15, -0.1) is 0 Å². The van der Waals surface area contributed by atoms with Gasteiger partial charge in [0, 0.05) is 34.9 Å². The maximum atomic E-state index is 11.4. The van der Waals surface area contributed by atoms with Gasteiger partial charge < -0.3 is 10.6 Å². The van der Waals surface area contributed by atoms with Crippen LogP contribution in [0.4, 0.5) is 11.8 Å². The second kappa shape index (κ2) is 5.74. The van der Waals surface area contributed by atoms with E-state index >= 15 is 0 Å². The Morgan fingerprint density at radius 1 is 1.40 bits per heavy atom. The predicted molar refractivity (Wildman–Crippen MR) is 80.4 cm³/mol. The Morgan fingerprint density at radius 3 is 2.95 bits per heavy atom. The average Bonchev–Trinajstić information content (AvgIpc) is 2.90. The van der Waals surface area contributed by atoms with Crippen LogP contribution < -0.4 is 10.6 Å². The van der Waals surface area contributed by atoms with E-state index in [9.17, 15) is 4.21 Å². The van der Waals surface area contributed by atoms with Gasteiger partial charge in [0.1, 0.15) is 5.82 Å². The van der Waals surface area contributed by atoms with E-state index in [0.29, 0.717) is 12.0 Å². The molecule has 0 bridgehead atoms. The fourth-order valence-electron chi connectivity index (χ4n) is 2.31. The molecule has 7 nitrogen and oxygen atoms in total. The molecule has 1 fully saturated rings. The quantitative estimate of drug-likeness (QED) is 0.782. The van der Waals surface area contributed by atoms with Crippen LogP contribution in [0.15, 0.2) is 6.20 Å². The van der Waals surface area contributed by atoms with Crippen molar-refractivity contribution in [2.24, 2.45) is 0 Å². The zero-order chi connectivity index (χ0) is 13.9. The smallest absolute Gasteiger partial charge is 0.226 e. The molecule has 3 N–H and O–H groups in total. The standard InChI is InChI=1S/C12H18N6OS/c1-2-13-12-16-10(9-7-14-18-11(9)17-12)15-8-3-5-20(19)6-4-8/h7-8H,2-6H2,1H3,(H3,13,14,15,16,17,18). The lowest BCUT2D eigenvalue weighted by atomic mass is 10.1. The Kier molecular flexibility index (Phi) is 3.81. The minimum Gasteiger partial charge on any atom is -0.366 e. The molecule has 0 radical (unpaired) electrons. The molecule has 2 aromatic rings. The van der Waals surface area contributed by atoms with Crippen LogP contribution in [-0.2, 0) is 10.8 Å². The van der Waals surface area contributed by atoms with E-state index in [1.807, 2.05) is 6.92 Å². The lowest BCUT2D eigenvalue weighted by Gasteiger charge is -2.23. The molecule has 20 heavy (non-hydrogen) atoms. The van der Waals surface area contributed by atoms with Gasteiger partial charge in [-0.25, -0.2) is 0 Å². The van der Waals surface area contributed by atoms with Crippen molar-refractivity contribution >= 4 is 33.6 Å². The normalized spacial score (nSPS) is 22.9. The minimum atomic E-state index is -0.649. The van der Waals surface area contributed by atoms with Gasteiger partial charge in [0.2, 0.25) is 5.95 Å². The molecule has 0 aliphatic carbocycles. The van der Waals surface area contributed by atoms with Gasteiger partial charge >= 0.3 is 0 Å². The Balaban J connectivity index is 1.85. The molecule has 2 aromatic heterocycles. The first-order chi connectivity index (χ1) is 9.76. The Hall–Kier alpha value is -1.70. The number of H-pyrrole nitrogens is 1. The summed E-state index contributed by atoms with van der Waals surface area (Å²) in [5.41, 5.74) is 0.720. The first-order valence-corrected chi connectivity index (χ1v) is 8.31. The largest absolute Gasteiger partial charge is 0.366 e. The van der Waals surface area contributed by atoms with Crippen LogP contribution in [0, 0.1) is 0 Å². The highest BCUT2D eigenvalue weighted by Crippen LogP contribution is 2.23. The van der Waals surface area contributed by atoms with E-state index in [1.54, 1.807) is 6.20 Å². The molecule has 0 amide bonds. The molecule has 1 aliphatic rings. The highest BCUT2D eigenvalue weighted by molar-refractivity contribution is 7.85. The fraction of sp³-hybridized carbons (Fsp3) is 0.583. The lowest BCUT2D eigenvalue weighted by molar-refractivity contribution is 0.623. The van der Waals surface area contributed by atoms with Gasteiger partial charge in [-0.3, -0.25) is 9.31 Å². The highest BCUT2D eigenvalue weighted by Gasteiger charge is 2.19. The Morgan fingerprint density at radius 2 is 2.20 bits per heavy atom. The van der Waals surface area contributed by atoms with Gasteiger partial charge in [-0.1, -0.05) is 0 Å². The summed E-state index contributed by atoms with van der Waals surface area (Å²) in [5.74, 6) is 2.90. The molecule has 0 unspecified atom stereocenters. The van der Waals surface area contributed by atoms with Crippen molar-refractivity contribution in [1.82, 2.24) is 20.2 Å². The molecule has 0 spiro atoms. The van der Waals surface area contributed by atoms with E-state index in [2.05, 4.69) is 30.8 Å². The van der Waals surface area contributed by atoms with Gasteiger partial charge in [-0.2, -0.15) is 15.1 Å². The molecular formula is C12H18N6OS. The molecule has 3 heterocycles. The van der Waals surface area contributed by atoms with Crippen molar-refractivity contribution in [2.45, 2.75) is 25.8 Å². The predicted octanol–water partition coefficient (Wildman–Crippen LogP) is 1.11. The maximum absolute atomic E-state index is 11.4. The van der Waals surface area contributed by atoms with Crippen molar-refractivity contribution in [2.75, 3.05) is 28.7 Å². The minimum absolute atomic E-state index is 0.315. The molecule has 108 valence electrons. The van der Waals surface area contributed by atoms with Crippen LogP contribution in [0.2, 0.25) is 0 Å². The van der Waals surface area contributed by atoms with Crippen molar-refractivity contribution in [1.29, 1.82) is 0 Å². The summed E-state index contributed by atoms with van der Waals surface area (Å²) in [6.07, 6.45) is 3.55. The second-order valence-corrected chi connectivity index (χ2v) is 6.52. The van der Waals surface area contributed by atoms with Gasteiger partial charge in [0.15, 0.2) is 5.65 Å². The van der Waals surface area contributed by atoms with E-state index in [-0.39, 0.29) is 0 Å². The first-order valence-electron chi connectivity index (χ1n) is 6.82. The molecule has 1 aliphatic heterocycles. The van der Waals surface area contributed by atoms with Crippen molar-refractivity contribution < 1.29 is 4.21 Å². The summed E-state index contributed by atoms with van der Waals surface area (Å²) in [4.78, 5) is 8.87. The summed E-state index contributed by atoms with van der Waals surface area (Å²) < 4.78 is 11.4. The summed E-state index contributed by atoms with van der Waals surface area (Å²) in [5, 5.41) is 14.3. The van der Waals surface area contributed by atoms with Gasteiger partial charge in [-0.05, 0) is 19.8 Å². The maximum Gasteiger partial charge on any atom is 0.226 e. The number of rotatable bonds is 4. The number of fused-ring (bicyclic) bond motifs is 1. The number of nitrogens with zero attached hydrogens (tertiary/aromatic N) is 3. The molecule has 3 rings (SSSR count). The molecule has 8 heteroatoms. The highest BCUT2D eigenvalue weighted by atomic mass is 32.2. The van der Waals surface area contributed by atoms with Crippen LogP contribution in [0.5, 0.6) is 0 Å². The molecule has 0 atom stereocenters. The molecule has 0 saturated carbocycles. The lowest BCUT2D eigenvalue weighted by Crippen LogP contribution is -2.29. The topological polar surface area (TPSA) is 95.6 Å². The van der Waals surface area contributed by atoms with Crippen LogP contribution in [-0.4, -0.2) is 48.5 Å². The third-order valence-electron chi connectivity index (χ3n) is 3.37. The summed E-state index contributed by atoms with van der Waals surface area (Å²) in [6.45, 7) is 2.77. The molecule has 0 aromatic carbocycles. The number of hydrogen-bond donors (Lipinski definition) is 3. The first kappa shape index (κ1) is 13.3. The number of nitrogens with one attached hydrogen (secondary N) is 3. The van der Waals surface area contributed by atoms with E-state index in [0.717, 1.165) is 47.7 Å². The van der Waals surface area contributed by atoms with Crippen molar-refractivity contribution in [3.63, 3.8) is 0 Å². The number of aromatic amines is 1. The number of anilines is 2. The third-order valence-corrected chi connectivity index (χ3v) is 4.76. The Labute approximate surface area is 119 Å². The van der Waals surface area contributed by atoms with E-state index in [1.165, 1.54) is 0 Å². The van der Waals surface area contributed by atoms with E-state index < -0.39 is 10.8 Å². The Bertz CT molecular complexity index is 617. The van der Waals surface area contributed by atoms with Gasteiger partial charge in [0.25, 0.3) is 0 Å². The average molecular weight is 294 g/mol. The van der Waals surface area contributed by atoms with Crippen LogP contribution in [0.1, 0.15) is 19.8 Å². The van der Waals surface area contributed by atoms with Crippen LogP contribution in [0.25, 0.3) is 11.0 Å². The zero-order valence-electron chi connectivity index (χ0n) is 11.3. The zero-order valence-corrected chi connectivity index (χ0v) is 12.2. The molecule has 1 saturated heterocycles. The second-order valence-electron chi connectivity index (χ2n) is 4.83. The third kappa shape index (κ3) is 2.74. The van der Waals surface area contributed by atoms with Crippen molar-refractivity contribution in [3.05, 3.63) is 6.20 Å². The summed E-state index contributed by atoms with van der Waals surface area (Å²) >= 11 is 0. The number of aromatic nitrogens is 4. The molecular weight excluding hydrogens is 276 g/mol. The number of hydrogen-bond acceptors (Lipinski definition) is 6. The summed E-state index contributed by atoms with van der Waals surface area (Å²) in [6, 6.07) is 0.315. The van der Waals surface area contributed by atoms with Gasteiger partial charge in [0.05, 0.1) is 11.6 Å². The summed E-state index contributed by atoms with van der Waals surface area (Å²) in [7, 11) is -0.649. The van der Waals surface area contributed by atoms with Crippen LogP contribution in [0.3, 0.4) is 0 Å². The monoisotopic (exact) mass is 294 g/mol. The van der Waals surface area contributed by atoms with E-state index in [4.69, 9.17) is 0 Å². The fourth-order valence-corrected chi connectivity index (χ4v) is 3.61. The van der Waals surface area contributed by atoms with Crippen LogP contribution >= 0.6 is 0 Å². The SMILES string of the molecule is CCNc1nc(NC2CCS(=O)CC2)c2cn[nH]c2n1. The van der Waals surface area contributed by atoms with Crippen molar-refractivity contribution in [3.8, 4) is 0 Å².